The quantitative estimate of drug-likeness (QED) is 0.195. The molecule has 0 aliphatic carbocycles. The number of hydrogen-bond donors (Lipinski definition) is 3. The third kappa shape index (κ3) is 10.8. The van der Waals surface area contributed by atoms with E-state index in [-0.39, 0.29) is 28.2 Å². The molecule has 2 aromatic rings. The Balaban J connectivity index is 1.76. The molecular formula is C25H32N2O6Se. The molecule has 0 aromatic heterocycles. The molecule has 9 heteroatoms. The van der Waals surface area contributed by atoms with Gasteiger partial charge in [0.05, 0.1) is 0 Å². The molecule has 0 saturated carbocycles. The molecule has 0 saturated heterocycles. The van der Waals surface area contributed by atoms with Crippen LogP contribution in [0, 0.1) is 0 Å². The van der Waals surface area contributed by atoms with E-state index < -0.39 is 30.1 Å². The fraction of sp³-hybridized carbons (Fsp3) is 0.400. The van der Waals surface area contributed by atoms with Gasteiger partial charge in [0.1, 0.15) is 6.61 Å². The number of aliphatic hydroxyl groups excluding tert-OH is 1. The summed E-state index contributed by atoms with van der Waals surface area (Å²) < 4.78 is 10.5. The van der Waals surface area contributed by atoms with E-state index in [1.165, 1.54) is 0 Å². The van der Waals surface area contributed by atoms with Gasteiger partial charge in [0.15, 0.2) is 0 Å². The normalized spacial score (nSPS) is 12.3. The van der Waals surface area contributed by atoms with Crippen LogP contribution in [0.25, 0.3) is 0 Å². The van der Waals surface area contributed by atoms with Crippen LogP contribution in [0.2, 0.25) is 11.1 Å². The molecule has 2 aromatic carbocycles. The van der Waals surface area contributed by atoms with E-state index in [0.717, 1.165) is 11.1 Å². The summed E-state index contributed by atoms with van der Waals surface area (Å²) in [4.78, 5) is 36.7. The number of rotatable bonds is 14. The first kappa shape index (κ1) is 27.4. The molecule has 0 fully saturated rings. The Morgan fingerprint density at radius 1 is 0.912 bits per heavy atom. The molecule has 0 bridgehead atoms. The van der Waals surface area contributed by atoms with Crippen molar-refractivity contribution in [2.45, 2.75) is 55.8 Å². The van der Waals surface area contributed by atoms with Crippen molar-refractivity contribution < 1.29 is 29.0 Å². The van der Waals surface area contributed by atoms with Crippen molar-refractivity contribution in [1.82, 2.24) is 10.6 Å². The Bertz CT molecular complexity index is 881. The fourth-order valence-corrected chi connectivity index (χ4v) is 4.00. The first-order valence-corrected chi connectivity index (χ1v) is 14.0. The molecule has 8 nitrogen and oxygen atoms in total. The summed E-state index contributed by atoms with van der Waals surface area (Å²) in [6.45, 7) is 0.658. The van der Waals surface area contributed by atoms with Crippen LogP contribution in [0.5, 0.6) is 0 Å². The standard InChI is InChI=1S/C25H32N2O6Se/c1-34-18-22(28)23(29)27-21(24(30)32-16-19-10-4-2-5-11-19)14-8-9-15-26-25(31)33-17-20-12-6-3-7-13-20/h2-7,10-13,21-22,28H,8-9,14-18H2,1H3,(H,26,31)(H,27,29)/t21-,22?/m0/s1. The van der Waals surface area contributed by atoms with E-state index in [4.69, 9.17) is 9.47 Å². The number of alkyl carbamates (subject to hydrolysis) is 1. The number of hydrogen-bond acceptors (Lipinski definition) is 6. The van der Waals surface area contributed by atoms with Gasteiger partial charge in [-0.25, -0.2) is 0 Å². The van der Waals surface area contributed by atoms with Gasteiger partial charge in [0, 0.05) is 0 Å². The van der Waals surface area contributed by atoms with Gasteiger partial charge in [-0.2, -0.15) is 0 Å². The van der Waals surface area contributed by atoms with E-state index >= 15 is 0 Å². The van der Waals surface area contributed by atoms with Crippen LogP contribution >= 0.6 is 0 Å². The summed E-state index contributed by atoms with van der Waals surface area (Å²) in [6.07, 6.45) is -0.196. The molecule has 0 aliphatic heterocycles. The maximum atomic E-state index is 12.6. The molecule has 3 N–H and O–H groups in total. The van der Waals surface area contributed by atoms with Gasteiger partial charge in [0.2, 0.25) is 0 Å². The second-order valence-electron chi connectivity index (χ2n) is 7.61. The number of aliphatic hydroxyl groups is 1. The second kappa shape index (κ2) is 15.9. The van der Waals surface area contributed by atoms with Crippen molar-refractivity contribution in [3.8, 4) is 0 Å². The summed E-state index contributed by atoms with van der Waals surface area (Å²) >= 11 is 0.126. The van der Waals surface area contributed by atoms with E-state index in [0.29, 0.717) is 31.1 Å². The van der Waals surface area contributed by atoms with Crippen LogP contribution in [0.3, 0.4) is 0 Å². The van der Waals surface area contributed by atoms with Gasteiger partial charge in [-0.15, -0.1) is 0 Å². The molecule has 0 aliphatic rings. The van der Waals surface area contributed by atoms with Gasteiger partial charge in [-0.1, -0.05) is 30.3 Å². The number of carbonyl (C=O) groups is 3. The average molecular weight is 535 g/mol. The monoisotopic (exact) mass is 536 g/mol. The van der Waals surface area contributed by atoms with Crippen LogP contribution in [0.15, 0.2) is 60.7 Å². The van der Waals surface area contributed by atoms with Gasteiger partial charge in [0.25, 0.3) is 0 Å². The number of unbranched alkanes of at least 4 members (excludes halogenated alkanes) is 1. The predicted octanol–water partition coefficient (Wildman–Crippen LogP) is 2.84. The Morgan fingerprint density at radius 2 is 1.50 bits per heavy atom. The zero-order chi connectivity index (χ0) is 24.6. The number of amides is 2. The predicted molar refractivity (Wildman–Crippen MR) is 129 cm³/mol. The van der Waals surface area contributed by atoms with Crippen LogP contribution in [0.1, 0.15) is 30.4 Å². The van der Waals surface area contributed by atoms with Crippen LogP contribution in [-0.4, -0.2) is 56.7 Å². The molecule has 2 atom stereocenters. The topological polar surface area (TPSA) is 114 Å². The first-order chi connectivity index (χ1) is 16.5. The molecule has 184 valence electrons. The van der Waals surface area contributed by atoms with Crippen molar-refractivity contribution in [3.05, 3.63) is 71.8 Å². The minimum atomic E-state index is -1.14. The first-order valence-electron chi connectivity index (χ1n) is 11.1. The molecule has 2 rings (SSSR count). The Labute approximate surface area is 206 Å². The Hall–Kier alpha value is -2.87. The summed E-state index contributed by atoms with van der Waals surface area (Å²) in [6, 6.07) is 17.8. The zero-order valence-corrected chi connectivity index (χ0v) is 21.0. The maximum absolute atomic E-state index is 12.6. The molecule has 0 heterocycles. The number of ether oxygens (including phenoxy) is 2. The van der Waals surface area contributed by atoms with Crippen molar-refractivity contribution in [2.75, 3.05) is 6.54 Å². The number of nitrogens with one attached hydrogen (secondary N) is 2. The third-order valence-electron chi connectivity index (χ3n) is 4.85. The number of benzene rings is 2. The van der Waals surface area contributed by atoms with Crippen molar-refractivity contribution in [2.24, 2.45) is 0 Å². The van der Waals surface area contributed by atoms with Crippen molar-refractivity contribution in [3.63, 3.8) is 0 Å². The second-order valence-corrected chi connectivity index (χ2v) is 9.52. The van der Waals surface area contributed by atoms with Gasteiger partial charge < -0.3 is 0 Å². The van der Waals surface area contributed by atoms with Crippen LogP contribution < -0.4 is 10.6 Å². The van der Waals surface area contributed by atoms with Crippen molar-refractivity contribution in [1.29, 1.82) is 0 Å². The van der Waals surface area contributed by atoms with Crippen molar-refractivity contribution >= 4 is 32.9 Å². The minimum absolute atomic E-state index is 0.0987. The van der Waals surface area contributed by atoms with E-state index in [1.807, 2.05) is 66.5 Å². The average Bonchev–Trinajstić information content (AvgIpc) is 2.86. The van der Waals surface area contributed by atoms with Gasteiger partial charge in [-0.3, -0.25) is 0 Å². The molecule has 0 spiro atoms. The summed E-state index contributed by atoms with van der Waals surface area (Å²) in [5.74, 6) is 0.794. The molecule has 34 heavy (non-hydrogen) atoms. The zero-order valence-electron chi connectivity index (χ0n) is 19.3. The van der Waals surface area contributed by atoms with Crippen LogP contribution in [-0.2, 0) is 32.3 Å². The van der Waals surface area contributed by atoms with Gasteiger partial charge in [-0.05, 0) is 5.56 Å². The summed E-state index contributed by atoms with van der Waals surface area (Å²) in [5, 5.41) is 15.6. The molecule has 0 radical (unpaired) electrons. The molecule has 2 amide bonds. The Morgan fingerprint density at radius 3 is 2.09 bits per heavy atom. The van der Waals surface area contributed by atoms with Crippen LogP contribution in [0.4, 0.5) is 4.79 Å². The van der Waals surface area contributed by atoms with E-state index in [9.17, 15) is 19.5 Å². The Kier molecular flexibility index (Phi) is 12.8. The number of carbonyl (C=O) groups excluding carboxylic acids is 3. The molecule has 1 unspecified atom stereocenters. The van der Waals surface area contributed by atoms with Gasteiger partial charge >= 0.3 is 164 Å². The molecular weight excluding hydrogens is 503 g/mol. The van der Waals surface area contributed by atoms with E-state index in [1.54, 1.807) is 0 Å². The summed E-state index contributed by atoms with van der Waals surface area (Å²) in [7, 11) is 0. The number of esters is 1. The van der Waals surface area contributed by atoms with E-state index in [2.05, 4.69) is 10.6 Å². The third-order valence-corrected chi connectivity index (χ3v) is 6.22. The SMILES string of the molecule is C[Se]CC(O)C(=O)N[C@@H](CCCCNC(=O)OCc1ccccc1)C(=O)OCc1ccccc1. The fourth-order valence-electron chi connectivity index (χ4n) is 3.02. The summed E-state index contributed by atoms with van der Waals surface area (Å²) in [5.41, 5.74) is 1.74.